The number of fused-ring (bicyclic) bond motifs is 1. The van der Waals surface area contributed by atoms with Gasteiger partial charge in [0.25, 0.3) is 0 Å². The van der Waals surface area contributed by atoms with Gasteiger partial charge in [0, 0.05) is 0 Å². The zero-order valence-electron chi connectivity index (χ0n) is 13.9. The number of hydrogen-bond donors (Lipinski definition) is 0. The average Bonchev–Trinajstić information content (AvgIpc) is 2.87. The molecular weight excluding hydrogens is 339 g/mol. The molecular formula is C19H26O2Se. The molecule has 0 spiro atoms. The first-order valence-electron chi connectivity index (χ1n) is 8.42. The van der Waals surface area contributed by atoms with Gasteiger partial charge >= 0.3 is 139 Å². The van der Waals surface area contributed by atoms with Crippen molar-refractivity contribution in [2.75, 3.05) is 6.61 Å². The summed E-state index contributed by atoms with van der Waals surface area (Å²) in [5.74, 6) is -0.196. The maximum atomic E-state index is 11.9. The number of carbonyl (C=O) groups is 1. The van der Waals surface area contributed by atoms with Gasteiger partial charge in [-0.25, -0.2) is 0 Å². The fourth-order valence-electron chi connectivity index (χ4n) is 2.71. The van der Waals surface area contributed by atoms with Crippen molar-refractivity contribution in [3.05, 3.63) is 33.8 Å². The van der Waals surface area contributed by atoms with Crippen LogP contribution in [-0.4, -0.2) is 27.1 Å². The zero-order chi connectivity index (χ0) is 15.9. The normalized spacial score (nSPS) is 11.0. The van der Waals surface area contributed by atoms with Crippen molar-refractivity contribution >= 4 is 30.1 Å². The van der Waals surface area contributed by atoms with Crippen LogP contribution in [0, 0.1) is 0 Å². The van der Waals surface area contributed by atoms with Crippen LogP contribution in [0.4, 0.5) is 0 Å². The van der Waals surface area contributed by atoms with Crippen molar-refractivity contribution in [3.63, 3.8) is 0 Å². The van der Waals surface area contributed by atoms with Crippen LogP contribution in [0.15, 0.2) is 18.2 Å². The molecule has 2 nitrogen and oxygen atoms in total. The molecule has 0 bridgehead atoms. The van der Waals surface area contributed by atoms with Crippen molar-refractivity contribution in [1.82, 2.24) is 0 Å². The summed E-state index contributed by atoms with van der Waals surface area (Å²) in [5, 5.41) is 1.40. The second kappa shape index (κ2) is 8.55. The molecule has 0 aliphatic rings. The summed E-state index contributed by atoms with van der Waals surface area (Å²) >= 11 is 0.385. The molecule has 0 saturated carbocycles. The summed E-state index contributed by atoms with van der Waals surface area (Å²) in [7, 11) is 0. The van der Waals surface area contributed by atoms with Crippen molar-refractivity contribution in [1.29, 1.82) is 0 Å². The van der Waals surface area contributed by atoms with Crippen LogP contribution in [0.5, 0.6) is 0 Å². The molecule has 2 aromatic rings. The number of aryl methyl sites for hydroxylation is 2. The maximum absolute atomic E-state index is 11.9. The topological polar surface area (TPSA) is 26.3 Å². The number of rotatable bonds is 8. The van der Waals surface area contributed by atoms with E-state index in [2.05, 4.69) is 26.0 Å². The van der Waals surface area contributed by atoms with E-state index in [0.29, 0.717) is 26.7 Å². The molecule has 0 unspecified atom stereocenters. The van der Waals surface area contributed by atoms with Crippen LogP contribution in [0.1, 0.15) is 66.8 Å². The number of esters is 1. The Bertz CT molecular complexity index is 628. The molecule has 0 fully saturated rings. The van der Waals surface area contributed by atoms with Gasteiger partial charge in [-0.05, 0) is 0 Å². The van der Waals surface area contributed by atoms with Gasteiger partial charge in [-0.1, -0.05) is 0 Å². The molecule has 0 saturated heterocycles. The van der Waals surface area contributed by atoms with E-state index in [-0.39, 0.29) is 5.97 Å². The molecule has 0 aliphatic heterocycles. The third kappa shape index (κ3) is 4.02. The fourth-order valence-corrected chi connectivity index (χ4v) is 5.51. The minimum atomic E-state index is -0.196. The third-order valence-electron chi connectivity index (χ3n) is 3.93. The predicted octanol–water partition coefficient (Wildman–Crippen LogP) is 4.76. The van der Waals surface area contributed by atoms with E-state index >= 15 is 0 Å². The first-order chi connectivity index (χ1) is 10.7. The molecule has 1 heterocycles. The van der Waals surface area contributed by atoms with Crippen molar-refractivity contribution < 1.29 is 9.53 Å². The molecule has 22 heavy (non-hydrogen) atoms. The minimum absolute atomic E-state index is 0.196. The molecule has 0 atom stereocenters. The Morgan fingerprint density at radius 3 is 2.50 bits per heavy atom. The van der Waals surface area contributed by atoms with E-state index in [9.17, 15) is 4.79 Å². The Morgan fingerprint density at radius 1 is 1.09 bits per heavy atom. The van der Waals surface area contributed by atoms with Gasteiger partial charge in [-0.15, -0.1) is 0 Å². The summed E-state index contributed by atoms with van der Waals surface area (Å²) in [6.45, 7) is 6.78. The van der Waals surface area contributed by atoms with Crippen LogP contribution in [0.3, 0.4) is 0 Å². The molecule has 3 heteroatoms. The van der Waals surface area contributed by atoms with Gasteiger partial charge < -0.3 is 0 Å². The number of carbonyl (C=O) groups excluding carboxylic acids is 1. The second-order valence-electron chi connectivity index (χ2n) is 5.64. The van der Waals surface area contributed by atoms with Crippen LogP contribution in [-0.2, 0) is 17.6 Å². The average molecular weight is 365 g/mol. The van der Waals surface area contributed by atoms with E-state index in [1.807, 2.05) is 13.0 Å². The summed E-state index contributed by atoms with van der Waals surface area (Å²) in [6, 6.07) is 6.15. The molecule has 0 radical (unpaired) electrons. The van der Waals surface area contributed by atoms with E-state index in [1.165, 1.54) is 48.2 Å². The summed E-state index contributed by atoms with van der Waals surface area (Å²) in [5.41, 5.74) is 2.27. The van der Waals surface area contributed by atoms with Gasteiger partial charge in [0.1, 0.15) is 0 Å². The van der Waals surface area contributed by atoms with E-state index < -0.39 is 0 Å². The van der Waals surface area contributed by atoms with Gasteiger partial charge in [0.05, 0.1) is 0 Å². The molecule has 1 aromatic heterocycles. The quantitative estimate of drug-likeness (QED) is 0.498. The Morgan fingerprint density at radius 2 is 1.82 bits per heavy atom. The van der Waals surface area contributed by atoms with Crippen LogP contribution >= 0.6 is 0 Å². The Hall–Kier alpha value is -1.05. The standard InChI is InChI=1S/C19H26O2Se/c1-4-7-9-15-16-12-11-14(19(20)21-6-3)13-18(16)22-17(15)10-8-5-2/h11-13H,4-10H2,1-3H3. The van der Waals surface area contributed by atoms with Gasteiger partial charge in [0.15, 0.2) is 0 Å². The van der Waals surface area contributed by atoms with E-state index in [0.717, 1.165) is 0 Å². The van der Waals surface area contributed by atoms with Crippen molar-refractivity contribution in [2.24, 2.45) is 0 Å². The number of hydrogen-bond acceptors (Lipinski definition) is 2. The van der Waals surface area contributed by atoms with Crippen molar-refractivity contribution in [2.45, 2.75) is 59.3 Å². The van der Waals surface area contributed by atoms with Crippen LogP contribution in [0.25, 0.3) is 9.65 Å². The SMILES string of the molecule is CCCCc1[se]c2cc(C(=O)OCC)ccc2c1CCCC. The number of unbranched alkanes of at least 4 members (excludes halogenated alkanes) is 2. The molecule has 0 amide bonds. The summed E-state index contributed by atoms with van der Waals surface area (Å²) in [6.07, 6.45) is 7.40. The first-order valence-corrected chi connectivity index (χ1v) is 10.1. The Kier molecular flexibility index (Phi) is 6.72. The van der Waals surface area contributed by atoms with E-state index in [4.69, 9.17) is 4.74 Å². The predicted molar refractivity (Wildman–Crippen MR) is 94.1 cm³/mol. The molecule has 0 aliphatic carbocycles. The van der Waals surface area contributed by atoms with Gasteiger partial charge in [-0.3, -0.25) is 0 Å². The monoisotopic (exact) mass is 366 g/mol. The second-order valence-corrected chi connectivity index (χ2v) is 8.03. The number of benzene rings is 1. The Balaban J connectivity index is 2.38. The van der Waals surface area contributed by atoms with Gasteiger partial charge in [0.2, 0.25) is 0 Å². The third-order valence-corrected chi connectivity index (χ3v) is 6.56. The number of ether oxygens (including phenoxy) is 1. The van der Waals surface area contributed by atoms with Crippen LogP contribution < -0.4 is 0 Å². The Labute approximate surface area is 139 Å². The fraction of sp³-hybridized carbons (Fsp3) is 0.526. The molecule has 2 rings (SSSR count). The van der Waals surface area contributed by atoms with Gasteiger partial charge in [-0.2, -0.15) is 0 Å². The molecule has 0 N–H and O–H groups in total. The summed E-state index contributed by atoms with van der Waals surface area (Å²) < 4.78 is 8.15. The van der Waals surface area contributed by atoms with E-state index in [1.54, 1.807) is 10.0 Å². The first kappa shape index (κ1) is 17.3. The van der Waals surface area contributed by atoms with Crippen LogP contribution in [0.2, 0.25) is 0 Å². The summed E-state index contributed by atoms with van der Waals surface area (Å²) in [4.78, 5) is 11.9. The molecule has 1 aromatic carbocycles. The zero-order valence-corrected chi connectivity index (χ0v) is 15.6. The molecule has 120 valence electrons. The van der Waals surface area contributed by atoms with Crippen molar-refractivity contribution in [3.8, 4) is 0 Å².